The van der Waals surface area contributed by atoms with Crippen molar-refractivity contribution in [3.63, 3.8) is 0 Å². The normalized spacial score (nSPS) is 11.5. The molecule has 0 aliphatic heterocycles. The van der Waals surface area contributed by atoms with Crippen LogP contribution < -0.4 is 0 Å². The summed E-state index contributed by atoms with van der Waals surface area (Å²) in [6.45, 7) is 0. The number of nitrogens with zero attached hydrogens (tertiary/aromatic N) is 4. The monoisotopic (exact) mass is 662 g/mol. The van der Waals surface area contributed by atoms with Gasteiger partial charge < -0.3 is 0 Å². The van der Waals surface area contributed by atoms with Crippen LogP contribution in [0.1, 0.15) is 0 Å². The predicted octanol–water partition coefficient (Wildman–Crippen LogP) is 12.2. The first-order valence-corrected chi connectivity index (χ1v) is 17.5. The Morgan fingerprint density at radius 3 is 1.10 bits per heavy atom. The molecule has 0 spiro atoms. The fraction of sp³-hybridized carbons (Fsp3) is 0. The molecule has 0 saturated carbocycles. The second-order valence-corrected chi connectivity index (χ2v) is 13.1. The lowest BCUT2D eigenvalue weighted by Gasteiger charge is -2.14. The van der Waals surface area contributed by atoms with Crippen LogP contribution in [0.2, 0.25) is 0 Å². The molecule has 8 aromatic carbocycles. The fourth-order valence-corrected chi connectivity index (χ4v) is 7.29. The second kappa shape index (κ2) is 12.4. The van der Waals surface area contributed by atoms with E-state index < -0.39 is 0 Å². The first kappa shape index (κ1) is 29.8. The first-order valence-electron chi connectivity index (χ1n) is 17.5. The number of fused-ring (bicyclic) bond motifs is 6. The maximum Gasteiger partial charge on any atom is 0.160 e. The van der Waals surface area contributed by atoms with E-state index in [4.69, 9.17) is 19.9 Å². The lowest BCUT2D eigenvalue weighted by molar-refractivity contribution is 1.23. The van der Waals surface area contributed by atoms with Gasteiger partial charge in [0.25, 0.3) is 0 Å². The Kier molecular flexibility index (Phi) is 7.10. The van der Waals surface area contributed by atoms with Gasteiger partial charge in [-0.05, 0) is 46.2 Å². The van der Waals surface area contributed by atoms with Crippen LogP contribution in [0.15, 0.2) is 182 Å². The smallest absolute Gasteiger partial charge is 0.160 e. The highest BCUT2D eigenvalue weighted by atomic mass is 14.9. The Hall–Kier alpha value is -7.04. The van der Waals surface area contributed by atoms with Gasteiger partial charge in [0, 0.05) is 43.8 Å². The lowest BCUT2D eigenvalue weighted by atomic mass is 9.96. The molecule has 4 nitrogen and oxygen atoms in total. The van der Waals surface area contributed by atoms with Crippen LogP contribution in [0.4, 0.5) is 0 Å². The van der Waals surface area contributed by atoms with Crippen molar-refractivity contribution in [3.8, 4) is 56.4 Å². The van der Waals surface area contributed by atoms with Crippen LogP contribution in [-0.2, 0) is 0 Å². The van der Waals surface area contributed by atoms with Gasteiger partial charge in [-0.1, -0.05) is 158 Å². The first-order chi connectivity index (χ1) is 25.8. The van der Waals surface area contributed by atoms with Crippen LogP contribution in [-0.4, -0.2) is 19.9 Å². The van der Waals surface area contributed by atoms with E-state index in [1.165, 1.54) is 0 Å². The van der Waals surface area contributed by atoms with E-state index in [1.807, 2.05) is 36.4 Å². The van der Waals surface area contributed by atoms with Crippen LogP contribution in [0, 0.1) is 0 Å². The Morgan fingerprint density at radius 1 is 0.250 bits per heavy atom. The standard InChI is InChI=1S/C48H30N4/c1-3-15-33(16-4-1)47-49-43(41-27-25-31-13-7-9-23-39(31)45(41)51-47)37-21-11-19-35(29-37)36-20-12-22-38(30-36)44-42-28-26-32-14-8-10-24-40(32)46(42)52-48(50-44)34-17-5-2-6-18-34/h1-30H. The summed E-state index contributed by atoms with van der Waals surface area (Å²) in [6.07, 6.45) is 0. The van der Waals surface area contributed by atoms with Gasteiger partial charge in [0.05, 0.1) is 22.4 Å². The second-order valence-electron chi connectivity index (χ2n) is 13.1. The molecule has 2 heterocycles. The summed E-state index contributed by atoms with van der Waals surface area (Å²) < 4.78 is 0. The summed E-state index contributed by atoms with van der Waals surface area (Å²) in [7, 11) is 0. The van der Waals surface area contributed by atoms with E-state index in [0.717, 1.165) is 88.1 Å². The molecule has 0 bridgehead atoms. The highest BCUT2D eigenvalue weighted by Gasteiger charge is 2.17. The quantitative estimate of drug-likeness (QED) is 0.172. The van der Waals surface area contributed by atoms with E-state index in [-0.39, 0.29) is 0 Å². The third-order valence-electron chi connectivity index (χ3n) is 9.85. The minimum atomic E-state index is 0.712. The number of hydrogen-bond acceptors (Lipinski definition) is 4. The predicted molar refractivity (Wildman–Crippen MR) is 215 cm³/mol. The number of hydrogen-bond donors (Lipinski definition) is 0. The zero-order valence-corrected chi connectivity index (χ0v) is 28.1. The minimum absolute atomic E-state index is 0.712. The molecule has 0 N–H and O–H groups in total. The Morgan fingerprint density at radius 2 is 0.635 bits per heavy atom. The molecule has 0 atom stereocenters. The molecule has 0 aliphatic rings. The van der Waals surface area contributed by atoms with E-state index in [1.54, 1.807) is 0 Å². The van der Waals surface area contributed by atoms with E-state index in [2.05, 4.69) is 146 Å². The maximum absolute atomic E-state index is 5.22. The molecule has 0 unspecified atom stereocenters. The van der Waals surface area contributed by atoms with Crippen molar-refractivity contribution < 1.29 is 0 Å². The summed E-state index contributed by atoms with van der Waals surface area (Å²) in [5, 5.41) is 6.60. The van der Waals surface area contributed by atoms with E-state index >= 15 is 0 Å². The molecule has 2 aromatic heterocycles. The molecular formula is C48H30N4. The molecule has 0 fully saturated rings. The number of aromatic nitrogens is 4. The molecule has 52 heavy (non-hydrogen) atoms. The molecule has 0 saturated heterocycles. The van der Waals surface area contributed by atoms with Crippen molar-refractivity contribution >= 4 is 43.4 Å². The van der Waals surface area contributed by atoms with Crippen molar-refractivity contribution in [1.29, 1.82) is 0 Å². The Bertz CT molecular complexity index is 2750. The molecular weight excluding hydrogens is 633 g/mol. The van der Waals surface area contributed by atoms with Crippen LogP contribution >= 0.6 is 0 Å². The highest BCUT2D eigenvalue weighted by Crippen LogP contribution is 2.37. The summed E-state index contributed by atoms with van der Waals surface area (Å²) in [6, 6.07) is 63.3. The van der Waals surface area contributed by atoms with Crippen LogP contribution in [0.5, 0.6) is 0 Å². The molecule has 0 amide bonds. The van der Waals surface area contributed by atoms with Crippen molar-refractivity contribution in [2.24, 2.45) is 0 Å². The zero-order chi connectivity index (χ0) is 34.4. The summed E-state index contributed by atoms with van der Waals surface area (Å²) >= 11 is 0. The number of benzene rings is 8. The minimum Gasteiger partial charge on any atom is -0.227 e. The average molecular weight is 663 g/mol. The zero-order valence-electron chi connectivity index (χ0n) is 28.1. The molecule has 0 radical (unpaired) electrons. The van der Waals surface area contributed by atoms with Crippen LogP contribution in [0.25, 0.3) is 99.8 Å². The molecule has 10 rings (SSSR count). The highest BCUT2D eigenvalue weighted by molar-refractivity contribution is 6.11. The van der Waals surface area contributed by atoms with Gasteiger partial charge in [0.1, 0.15) is 0 Å². The van der Waals surface area contributed by atoms with Gasteiger partial charge >= 0.3 is 0 Å². The lowest BCUT2D eigenvalue weighted by Crippen LogP contribution is -1.97. The average Bonchev–Trinajstić information content (AvgIpc) is 3.23. The molecule has 0 aliphatic carbocycles. The Balaban J connectivity index is 1.14. The molecule has 4 heteroatoms. The fourth-order valence-electron chi connectivity index (χ4n) is 7.29. The summed E-state index contributed by atoms with van der Waals surface area (Å²) in [5.74, 6) is 1.42. The van der Waals surface area contributed by atoms with Gasteiger partial charge in [-0.15, -0.1) is 0 Å². The van der Waals surface area contributed by atoms with E-state index in [0.29, 0.717) is 11.6 Å². The van der Waals surface area contributed by atoms with Gasteiger partial charge in [0.15, 0.2) is 11.6 Å². The van der Waals surface area contributed by atoms with Gasteiger partial charge in [-0.2, -0.15) is 0 Å². The summed E-state index contributed by atoms with van der Waals surface area (Å²) in [5.41, 5.74) is 9.96. The topological polar surface area (TPSA) is 51.6 Å². The number of rotatable bonds is 5. The third kappa shape index (κ3) is 5.17. The summed E-state index contributed by atoms with van der Waals surface area (Å²) in [4.78, 5) is 20.7. The Labute approximate surface area is 300 Å². The van der Waals surface area contributed by atoms with E-state index in [9.17, 15) is 0 Å². The largest absolute Gasteiger partial charge is 0.227 e. The third-order valence-corrected chi connectivity index (χ3v) is 9.85. The van der Waals surface area contributed by atoms with Crippen molar-refractivity contribution in [2.75, 3.05) is 0 Å². The van der Waals surface area contributed by atoms with Crippen molar-refractivity contribution in [2.45, 2.75) is 0 Å². The molecule has 10 aromatic rings. The van der Waals surface area contributed by atoms with Gasteiger partial charge in [-0.3, -0.25) is 0 Å². The van der Waals surface area contributed by atoms with Crippen molar-refractivity contribution in [3.05, 3.63) is 182 Å². The van der Waals surface area contributed by atoms with Gasteiger partial charge in [0.2, 0.25) is 0 Å². The maximum atomic E-state index is 5.22. The van der Waals surface area contributed by atoms with Crippen molar-refractivity contribution in [1.82, 2.24) is 19.9 Å². The molecule has 242 valence electrons. The SMILES string of the molecule is c1ccc(-c2nc(-c3cccc(-c4cccc(-c5nc(-c6ccccc6)nc6c5ccc5ccccc56)c4)c3)c3ccc4ccccc4c3n2)cc1. The van der Waals surface area contributed by atoms with Crippen LogP contribution in [0.3, 0.4) is 0 Å². The van der Waals surface area contributed by atoms with Gasteiger partial charge in [-0.25, -0.2) is 19.9 Å².